The molecule has 0 radical (unpaired) electrons. The maximum atomic E-state index is 12.9. The molecular formula is C98H111BrCl2N36O10. The third-order valence-corrected chi connectivity index (χ3v) is 20.9. The standard InChI is InChI=1S/C24H23N7O2.C16H14BrNO2.C16H15N7O.C13H18N6O2.C9H12ClN3O2.C8H10N6.C4H4ClN3.C4H7N3.C4H8O/c1-30-14-19(11-27-30)29-23-10-22(25-15-26-23)28-18-5-8-21-17(9-18)13-31(24(21)32)12-16-3-6-20(33-2)7-4-16;1-20-14-5-2-11(3-6-14)9-18-10-12-8-13(17)4-7-15(12)16(18)19;1-23-8-12(7-20-23)22-15-5-14(18-9-19-15)21-11-2-3-13-10(4-11)6-17-16(13)24;1-13(2,3)21-12(20)18-11-5-10(14-8-15-11)17-9-6-16-19(4)7-9;1-9(2,3)15-8(14)13-7-4-6(10)11-5-12-7;1-14-4-6(3-12-14)13-8-2-7(9)10-5-11-8;5-3-1-4(6)8-2-7-3;1-7-3-4(5)2-6-7;1-2-4-5-3-1/h3-11,14-15H,12-13H2,1-2H3,(H2,25,26,28,29);2-8H,9-10H2,1H3;2-5,7-9H,6H2,1H3,(H,17,24)(H2,18,19,21,22);5-8H,1-4H3,(H2,14,15,17,18,20);4-5H,1-3H3,(H,11,12,13,14);2-5H,1H3,(H3,9,10,11,13);1-2H,(H2,6,7,8);2-3H,5H2,1H3;1-4H2. The first-order chi connectivity index (χ1) is 70.4. The SMILES string of the molecule is C1CCOC1.CC(C)(C)OC(=O)Nc1cc(Cl)ncn1.COc1ccc(CN2Cc3cc(Br)ccc3C2=O)cc1.COc1ccc(CN2Cc3cc(Nc4cc(Nc5cnn(C)c5)ncn4)ccc3C2=O)cc1.Cn1cc(N)cn1.Cn1cc(Nc2cc(N)ncn2)cn1.Cn1cc(Nc2cc(NC(=O)OC(C)(C)C)ncn2)cn1.Cn1cc(Nc2cc(Nc3ccc4c(c3)CNC4=O)ncn2)cn1.Nc1cc(Cl)ncn1. The first kappa shape index (κ1) is 108. The molecular weight excluding hydrogens is 1990 g/mol. The Balaban J connectivity index is 0.000000153. The third-order valence-electron chi connectivity index (χ3n) is 20.0. The van der Waals surface area contributed by atoms with Gasteiger partial charge in [0.05, 0.1) is 73.6 Å². The number of nitrogen functional groups attached to an aromatic ring is 3. The molecule has 0 saturated carbocycles. The van der Waals surface area contributed by atoms with Gasteiger partial charge in [-0.3, -0.25) is 48.4 Å². The molecule has 11 aromatic heterocycles. The molecule has 0 aliphatic carbocycles. The van der Waals surface area contributed by atoms with E-state index in [9.17, 15) is 24.0 Å². The van der Waals surface area contributed by atoms with E-state index in [1.165, 1.54) is 62.9 Å². The molecule has 0 bridgehead atoms. The van der Waals surface area contributed by atoms with Crippen molar-refractivity contribution in [2.45, 2.75) is 98.3 Å². The van der Waals surface area contributed by atoms with Gasteiger partial charge < -0.3 is 87.9 Å². The number of halogens is 3. The van der Waals surface area contributed by atoms with Gasteiger partial charge in [-0.05, 0) is 161 Å². The van der Waals surface area contributed by atoms with E-state index in [1.807, 2.05) is 185 Å². The molecule has 15 heterocycles. The molecule has 764 valence electrons. The van der Waals surface area contributed by atoms with Crippen LogP contribution in [0, 0.1) is 0 Å². The van der Waals surface area contributed by atoms with E-state index in [0.717, 1.165) is 108 Å². The monoisotopic (exact) mass is 2100 g/mol. The van der Waals surface area contributed by atoms with Crippen LogP contribution < -0.4 is 74.5 Å². The molecule has 1 saturated heterocycles. The van der Waals surface area contributed by atoms with Crippen molar-refractivity contribution in [3.05, 3.63) is 299 Å². The fraction of sp³-hybridized carbons (Fsp3) is 0.245. The van der Waals surface area contributed by atoms with Crippen LogP contribution in [0.2, 0.25) is 10.3 Å². The van der Waals surface area contributed by atoms with Gasteiger partial charge in [0.1, 0.15) is 129 Å². The molecule has 0 atom stereocenters. The molecule has 1 fully saturated rings. The molecule has 147 heavy (non-hydrogen) atoms. The molecule has 49 heteroatoms. The number of fused-ring (bicyclic) bond motifs is 3. The minimum atomic E-state index is -0.572. The maximum absolute atomic E-state index is 12.9. The van der Waals surface area contributed by atoms with E-state index in [1.54, 1.807) is 128 Å². The molecule has 0 unspecified atom stereocenters. The number of ether oxygens (including phenoxy) is 5. The van der Waals surface area contributed by atoms with Crippen molar-refractivity contribution in [1.82, 2.24) is 124 Å². The van der Waals surface area contributed by atoms with Crippen molar-refractivity contribution < 1.29 is 47.7 Å². The number of amides is 5. The lowest BCUT2D eigenvalue weighted by molar-refractivity contribution is 0.0624. The van der Waals surface area contributed by atoms with Crippen molar-refractivity contribution >= 4 is 167 Å². The number of hydrogen-bond acceptors (Lipinski definition) is 36. The second-order valence-corrected chi connectivity index (χ2v) is 36.0. The lowest BCUT2D eigenvalue weighted by atomic mass is 10.1. The van der Waals surface area contributed by atoms with E-state index < -0.39 is 23.4 Å². The maximum Gasteiger partial charge on any atom is 0.413 e. The summed E-state index contributed by atoms with van der Waals surface area (Å²) in [5.74, 6) is 7.07. The van der Waals surface area contributed by atoms with E-state index in [2.05, 4.69) is 149 Å². The highest BCUT2D eigenvalue weighted by Gasteiger charge is 2.30. The molecule has 5 aromatic carbocycles. The summed E-state index contributed by atoms with van der Waals surface area (Å²) in [5, 5.41) is 47.6. The van der Waals surface area contributed by atoms with Crippen LogP contribution in [0.4, 0.5) is 108 Å². The lowest BCUT2D eigenvalue weighted by Crippen LogP contribution is -2.27. The average Bonchev–Trinajstić information content (AvgIpc) is 1.68. The smallest absolute Gasteiger partial charge is 0.413 e. The first-order valence-corrected chi connectivity index (χ1v) is 46.8. The van der Waals surface area contributed by atoms with Gasteiger partial charge in [0.25, 0.3) is 17.7 Å². The van der Waals surface area contributed by atoms with Crippen molar-refractivity contribution in [1.29, 1.82) is 0 Å². The summed E-state index contributed by atoms with van der Waals surface area (Å²) in [6, 6.07) is 42.6. The average molecular weight is 2100 g/mol. The zero-order valence-electron chi connectivity index (χ0n) is 82.6. The number of nitrogens with zero attached hydrogens (tertiary/aromatic N) is 24. The van der Waals surface area contributed by atoms with Crippen LogP contribution in [-0.4, -0.2) is 187 Å². The highest BCUT2D eigenvalue weighted by atomic mass is 79.9. The highest BCUT2D eigenvalue weighted by Crippen LogP contribution is 2.33. The molecule has 15 N–H and O–H groups in total. The zero-order valence-corrected chi connectivity index (χ0v) is 85.7. The van der Waals surface area contributed by atoms with Gasteiger partial charge in [0, 0.05) is 181 Å². The van der Waals surface area contributed by atoms with Gasteiger partial charge in [0.15, 0.2) is 0 Å². The summed E-state index contributed by atoms with van der Waals surface area (Å²) < 4.78 is 34.9. The van der Waals surface area contributed by atoms with Crippen molar-refractivity contribution in [3.63, 3.8) is 0 Å². The van der Waals surface area contributed by atoms with Gasteiger partial charge in [0.2, 0.25) is 0 Å². The number of nitrogens with two attached hydrogens (primary N) is 3. The summed E-state index contributed by atoms with van der Waals surface area (Å²) >= 11 is 14.5. The van der Waals surface area contributed by atoms with E-state index in [4.69, 9.17) is 64.1 Å². The Kier molecular flexibility index (Phi) is 38.6. The van der Waals surface area contributed by atoms with Gasteiger partial charge in [-0.1, -0.05) is 63.4 Å². The Morgan fingerprint density at radius 3 is 1.10 bits per heavy atom. The molecule has 46 nitrogen and oxygen atoms in total. The summed E-state index contributed by atoms with van der Waals surface area (Å²) in [4.78, 5) is 111. The number of carbonyl (C=O) groups is 5. The Labute approximate surface area is 864 Å². The minimum Gasteiger partial charge on any atom is -0.497 e. The van der Waals surface area contributed by atoms with Crippen molar-refractivity contribution in [3.8, 4) is 11.5 Å². The zero-order chi connectivity index (χ0) is 105. The van der Waals surface area contributed by atoms with Gasteiger partial charge >= 0.3 is 12.2 Å². The Morgan fingerprint density at radius 1 is 0.401 bits per heavy atom. The predicted molar refractivity (Wildman–Crippen MR) is 562 cm³/mol. The number of carbonyl (C=O) groups excluding carboxylic acids is 5. The van der Waals surface area contributed by atoms with Crippen LogP contribution in [0.15, 0.2) is 244 Å². The number of aryl methyl sites for hydroxylation is 5. The molecule has 4 aliphatic heterocycles. The third kappa shape index (κ3) is 36.1. The van der Waals surface area contributed by atoms with Crippen molar-refractivity contribution in [2.75, 3.05) is 87.2 Å². The largest absolute Gasteiger partial charge is 0.497 e. The molecule has 5 amide bonds. The summed E-state index contributed by atoms with van der Waals surface area (Å²) in [7, 11) is 12.5. The Hall–Kier alpha value is -17.6. The lowest BCUT2D eigenvalue weighted by Gasteiger charge is -2.19. The summed E-state index contributed by atoms with van der Waals surface area (Å²) in [6.45, 7) is 15.7. The quantitative estimate of drug-likeness (QED) is 0.0315. The van der Waals surface area contributed by atoms with Gasteiger partial charge in [-0.15, -0.1) is 0 Å². The van der Waals surface area contributed by atoms with Crippen LogP contribution >= 0.6 is 39.1 Å². The minimum absolute atomic E-state index is 0.0263. The van der Waals surface area contributed by atoms with Crippen LogP contribution in [0.3, 0.4) is 0 Å². The molecule has 4 aliphatic rings. The van der Waals surface area contributed by atoms with Gasteiger partial charge in [-0.25, -0.2) is 69.4 Å². The number of methoxy groups -OCH3 is 2. The number of aromatic nitrogens is 22. The van der Waals surface area contributed by atoms with Crippen LogP contribution in [0.5, 0.6) is 11.5 Å². The van der Waals surface area contributed by atoms with Crippen molar-refractivity contribution in [2.24, 2.45) is 35.2 Å². The normalized spacial score (nSPS) is 12.1. The second-order valence-electron chi connectivity index (χ2n) is 34.3. The molecule has 20 rings (SSSR count). The Morgan fingerprint density at radius 2 is 0.748 bits per heavy atom. The number of benzene rings is 5. The van der Waals surface area contributed by atoms with Gasteiger partial charge in [-0.2, -0.15) is 25.5 Å². The second kappa shape index (κ2) is 52.4. The highest BCUT2D eigenvalue weighted by molar-refractivity contribution is 9.10. The molecule has 0 spiro atoms. The van der Waals surface area contributed by atoms with Crippen LogP contribution in [0.25, 0.3) is 0 Å². The van der Waals surface area contributed by atoms with Crippen LogP contribution in [-0.2, 0) is 82.2 Å². The summed E-state index contributed by atoms with van der Waals surface area (Å²) in [5.41, 5.74) is 28.2. The number of nitrogens with one attached hydrogen (secondary N) is 9. The molecule has 16 aromatic rings. The van der Waals surface area contributed by atoms with E-state index in [-0.39, 0.29) is 22.9 Å². The van der Waals surface area contributed by atoms with E-state index in [0.29, 0.717) is 102 Å². The summed E-state index contributed by atoms with van der Waals surface area (Å²) in [6.07, 6.45) is 27.3. The fourth-order valence-electron chi connectivity index (χ4n) is 13.5. The number of rotatable bonds is 20. The fourth-order valence-corrected chi connectivity index (χ4v) is 14.3. The number of anilines is 17. The van der Waals surface area contributed by atoms with E-state index >= 15 is 0 Å². The topological polar surface area (TPSA) is 568 Å². The Bertz CT molecular complexity index is 7030. The first-order valence-electron chi connectivity index (χ1n) is 45.2. The van der Waals surface area contributed by atoms with Crippen LogP contribution in [0.1, 0.15) is 113 Å². The number of hydrogen-bond donors (Lipinski definition) is 12. The predicted octanol–water partition coefficient (Wildman–Crippen LogP) is 16.2.